The van der Waals surface area contributed by atoms with E-state index in [4.69, 9.17) is 16.6 Å². The molecule has 0 spiro atoms. The van der Waals surface area contributed by atoms with Crippen molar-refractivity contribution in [2.24, 2.45) is 0 Å². The molecule has 2 aromatic rings. The molecule has 1 heterocycles. The first-order valence-electron chi connectivity index (χ1n) is 5.94. The molecular formula is C14H13BrClN. The molecule has 0 saturated carbocycles. The number of rotatable bonds is 0. The van der Waals surface area contributed by atoms with Gasteiger partial charge in [-0.2, -0.15) is 0 Å². The normalized spacial score (nSPS) is 15.0. The quantitative estimate of drug-likeness (QED) is 0.678. The Bertz CT molecular complexity index is 607. The van der Waals surface area contributed by atoms with Gasteiger partial charge in [-0.25, -0.2) is 0 Å². The molecule has 1 aromatic heterocycles. The molecule has 0 radical (unpaired) electrons. The number of fused-ring (bicyclic) bond motifs is 2. The number of pyridine rings is 1. The zero-order valence-corrected chi connectivity index (χ0v) is 12.0. The predicted molar refractivity (Wildman–Crippen MR) is 75.8 cm³/mol. The average Bonchev–Trinajstić information content (AvgIpc) is 2.35. The molecule has 3 heteroatoms. The second kappa shape index (κ2) is 4.25. The molecule has 0 amide bonds. The lowest BCUT2D eigenvalue weighted by Crippen LogP contribution is -2.07. The maximum Gasteiger partial charge on any atom is 0.0760 e. The third-order valence-corrected chi connectivity index (χ3v) is 4.84. The molecule has 1 aliphatic rings. The summed E-state index contributed by atoms with van der Waals surface area (Å²) in [5.74, 6) is 0. The highest BCUT2D eigenvalue weighted by molar-refractivity contribution is 9.10. The molecule has 0 unspecified atom stereocenters. The molecule has 1 nitrogen and oxygen atoms in total. The highest BCUT2D eigenvalue weighted by atomic mass is 79.9. The maximum absolute atomic E-state index is 6.53. The van der Waals surface area contributed by atoms with Gasteiger partial charge in [0.05, 0.1) is 10.5 Å². The van der Waals surface area contributed by atoms with Crippen molar-refractivity contribution < 1.29 is 0 Å². The minimum absolute atomic E-state index is 0.917. The molecule has 0 saturated heterocycles. The van der Waals surface area contributed by atoms with E-state index < -0.39 is 0 Å². The van der Waals surface area contributed by atoms with Crippen LogP contribution in [0, 0.1) is 6.92 Å². The molecule has 0 N–H and O–H groups in total. The van der Waals surface area contributed by atoms with Crippen LogP contribution >= 0.6 is 27.5 Å². The number of aryl methyl sites for hydroxylation is 2. The highest BCUT2D eigenvalue weighted by Gasteiger charge is 2.18. The summed E-state index contributed by atoms with van der Waals surface area (Å²) in [6, 6.07) is 4.12. The fourth-order valence-electron chi connectivity index (χ4n) is 2.54. The number of hydrogen-bond acceptors (Lipinski definition) is 1. The predicted octanol–water partition coefficient (Wildman–Crippen LogP) is 4.84. The van der Waals surface area contributed by atoms with Crippen molar-refractivity contribution in [3.63, 3.8) is 0 Å². The zero-order valence-electron chi connectivity index (χ0n) is 9.69. The highest BCUT2D eigenvalue weighted by Crippen LogP contribution is 2.35. The van der Waals surface area contributed by atoms with Crippen molar-refractivity contribution in [3.8, 4) is 0 Å². The summed E-state index contributed by atoms with van der Waals surface area (Å²) in [5.41, 5.74) is 4.70. The van der Waals surface area contributed by atoms with Crippen molar-refractivity contribution in [2.45, 2.75) is 32.6 Å². The van der Waals surface area contributed by atoms with Crippen LogP contribution in [0.1, 0.15) is 29.7 Å². The summed E-state index contributed by atoms with van der Waals surface area (Å²) in [5, 5.41) is 2.01. The molecule has 0 aliphatic heterocycles. The standard InChI is InChI=1S/C14H13BrClN/c1-8-11(15)7-6-10-13(16)9-4-2-3-5-12(9)17-14(8)10/h6-7H,2-5H2,1H3. The minimum Gasteiger partial charge on any atom is -0.252 e. The summed E-state index contributed by atoms with van der Waals surface area (Å²) in [7, 11) is 0. The largest absolute Gasteiger partial charge is 0.252 e. The molecular weight excluding hydrogens is 298 g/mol. The monoisotopic (exact) mass is 309 g/mol. The Morgan fingerprint density at radius 1 is 1.24 bits per heavy atom. The zero-order chi connectivity index (χ0) is 12.0. The van der Waals surface area contributed by atoms with E-state index in [9.17, 15) is 0 Å². The van der Waals surface area contributed by atoms with E-state index in [2.05, 4.69) is 35.0 Å². The van der Waals surface area contributed by atoms with Gasteiger partial charge in [0.2, 0.25) is 0 Å². The average molecular weight is 311 g/mol. The Labute approximate surface area is 114 Å². The van der Waals surface area contributed by atoms with Crippen LogP contribution in [0.4, 0.5) is 0 Å². The first kappa shape index (κ1) is 11.5. The third-order valence-electron chi connectivity index (χ3n) is 3.55. The Morgan fingerprint density at radius 3 is 2.82 bits per heavy atom. The number of benzene rings is 1. The molecule has 0 atom stereocenters. The van der Waals surface area contributed by atoms with Crippen molar-refractivity contribution in [2.75, 3.05) is 0 Å². The van der Waals surface area contributed by atoms with Crippen molar-refractivity contribution >= 4 is 38.4 Å². The third kappa shape index (κ3) is 1.78. The molecule has 88 valence electrons. The molecule has 17 heavy (non-hydrogen) atoms. The Hall–Kier alpha value is -0.600. The first-order chi connectivity index (χ1) is 8.18. The van der Waals surface area contributed by atoms with Gasteiger partial charge in [0.1, 0.15) is 0 Å². The summed E-state index contributed by atoms with van der Waals surface area (Å²) in [6.45, 7) is 2.09. The Balaban J connectivity index is 2.40. The Kier molecular flexibility index (Phi) is 2.87. The molecule has 1 aliphatic carbocycles. The van der Waals surface area contributed by atoms with Crippen LogP contribution in [-0.2, 0) is 12.8 Å². The van der Waals surface area contributed by atoms with Gasteiger partial charge in [0.25, 0.3) is 0 Å². The van der Waals surface area contributed by atoms with Crippen molar-refractivity contribution in [1.82, 2.24) is 4.98 Å². The number of nitrogens with zero attached hydrogens (tertiary/aromatic N) is 1. The first-order valence-corrected chi connectivity index (χ1v) is 7.11. The molecule has 0 fully saturated rings. The summed E-state index contributed by atoms with van der Waals surface area (Å²) in [4.78, 5) is 4.82. The van der Waals surface area contributed by atoms with E-state index in [1.165, 1.54) is 29.7 Å². The van der Waals surface area contributed by atoms with Gasteiger partial charge in [0, 0.05) is 15.6 Å². The number of aromatic nitrogens is 1. The van der Waals surface area contributed by atoms with Crippen LogP contribution in [0.2, 0.25) is 5.02 Å². The van der Waals surface area contributed by atoms with Gasteiger partial charge in [0.15, 0.2) is 0 Å². The number of hydrogen-bond donors (Lipinski definition) is 0. The lowest BCUT2D eigenvalue weighted by molar-refractivity contribution is 0.671. The van der Waals surface area contributed by atoms with Gasteiger partial charge < -0.3 is 0 Å². The summed E-state index contributed by atoms with van der Waals surface area (Å²) < 4.78 is 1.10. The van der Waals surface area contributed by atoms with E-state index in [1.807, 2.05) is 0 Å². The van der Waals surface area contributed by atoms with E-state index in [1.54, 1.807) is 0 Å². The fourth-order valence-corrected chi connectivity index (χ4v) is 3.22. The summed E-state index contributed by atoms with van der Waals surface area (Å²) in [6.07, 6.45) is 4.60. The smallest absolute Gasteiger partial charge is 0.0760 e. The van der Waals surface area contributed by atoms with Crippen molar-refractivity contribution in [1.29, 1.82) is 0 Å². The van der Waals surface area contributed by atoms with E-state index in [0.29, 0.717) is 0 Å². The maximum atomic E-state index is 6.53. The van der Waals surface area contributed by atoms with E-state index >= 15 is 0 Å². The van der Waals surface area contributed by atoms with Crippen LogP contribution in [0.5, 0.6) is 0 Å². The topological polar surface area (TPSA) is 12.9 Å². The second-order valence-corrected chi connectivity index (χ2v) is 5.86. The second-order valence-electron chi connectivity index (χ2n) is 4.63. The number of halogens is 2. The van der Waals surface area contributed by atoms with Gasteiger partial charge >= 0.3 is 0 Å². The Morgan fingerprint density at radius 2 is 2.00 bits per heavy atom. The van der Waals surface area contributed by atoms with Crippen molar-refractivity contribution in [3.05, 3.63) is 38.4 Å². The van der Waals surface area contributed by atoms with Gasteiger partial charge in [-0.3, -0.25) is 4.98 Å². The van der Waals surface area contributed by atoms with Gasteiger partial charge in [-0.05, 0) is 49.8 Å². The minimum atomic E-state index is 0.917. The fraction of sp³-hybridized carbons (Fsp3) is 0.357. The lowest BCUT2D eigenvalue weighted by Gasteiger charge is -2.18. The molecule has 3 rings (SSSR count). The van der Waals surface area contributed by atoms with Crippen LogP contribution in [-0.4, -0.2) is 4.98 Å². The molecule has 1 aromatic carbocycles. The van der Waals surface area contributed by atoms with Crippen LogP contribution < -0.4 is 0 Å². The van der Waals surface area contributed by atoms with Crippen LogP contribution in [0.3, 0.4) is 0 Å². The van der Waals surface area contributed by atoms with Crippen LogP contribution in [0.15, 0.2) is 16.6 Å². The van der Waals surface area contributed by atoms with Gasteiger partial charge in [-0.15, -0.1) is 0 Å². The SMILES string of the molecule is Cc1c(Br)ccc2c(Cl)c3c(nc12)CCCC3. The van der Waals surface area contributed by atoms with E-state index in [-0.39, 0.29) is 0 Å². The lowest BCUT2D eigenvalue weighted by atomic mass is 9.94. The van der Waals surface area contributed by atoms with E-state index in [0.717, 1.165) is 33.2 Å². The molecule has 0 bridgehead atoms. The van der Waals surface area contributed by atoms with Gasteiger partial charge in [-0.1, -0.05) is 33.6 Å². The van der Waals surface area contributed by atoms with Crippen LogP contribution in [0.25, 0.3) is 10.9 Å². The summed E-state index contributed by atoms with van der Waals surface area (Å²) >= 11 is 10.1.